The molecule has 1 aromatic rings. The van der Waals surface area contributed by atoms with Crippen LogP contribution in [0, 0.1) is 4.64 Å². The monoisotopic (exact) mass is 176 g/mol. The molecule has 0 atom stereocenters. The predicted molar refractivity (Wildman–Crippen MR) is 52.9 cm³/mol. The number of hydrogen-bond donors (Lipinski definition) is 1. The van der Waals surface area contributed by atoms with E-state index in [1.807, 2.05) is 24.6 Å². The van der Waals surface area contributed by atoms with Crippen LogP contribution in [-0.2, 0) is 6.42 Å². The first-order valence-electron chi connectivity index (χ1n) is 3.76. The van der Waals surface area contributed by atoms with E-state index in [-0.39, 0.29) is 0 Å². The van der Waals surface area contributed by atoms with Crippen LogP contribution in [-0.4, -0.2) is 11.2 Å². The summed E-state index contributed by atoms with van der Waals surface area (Å²) in [6, 6.07) is 1.95. The molecule has 0 fully saturated rings. The molecule has 2 heterocycles. The summed E-state index contributed by atoms with van der Waals surface area (Å²) in [5.41, 5.74) is 2.40. The van der Waals surface area contributed by atoms with Gasteiger partial charge in [0.05, 0.1) is 0 Å². The number of nitrogens with one attached hydrogen (secondary N) is 1. The topological polar surface area (TPSA) is 28.1 Å². The van der Waals surface area contributed by atoms with Gasteiger partial charge in [0.1, 0.15) is 4.64 Å². The number of pyridine rings is 1. The van der Waals surface area contributed by atoms with Gasteiger partial charge in [-0.05, 0) is 23.3 Å². The van der Waals surface area contributed by atoms with E-state index in [0.29, 0.717) is 0 Å². The molecule has 3 heteroatoms. The first-order valence-corrected chi connectivity index (χ1v) is 4.17. The molecule has 0 bridgehead atoms. The molecule has 0 aliphatic carbocycles. The lowest BCUT2D eigenvalue weighted by molar-refractivity contribution is 1.21. The molecule has 0 spiro atoms. The van der Waals surface area contributed by atoms with Crippen LogP contribution in [0.2, 0.25) is 0 Å². The highest BCUT2D eigenvalue weighted by Crippen LogP contribution is 2.12. The Morgan fingerprint density at radius 1 is 1.50 bits per heavy atom. The molecule has 1 aromatic heterocycles. The van der Waals surface area contributed by atoms with Gasteiger partial charge < -0.3 is 4.98 Å². The molecule has 2 nitrogen and oxygen atoms in total. The molecule has 0 aromatic carbocycles. The molecule has 2 rings (SSSR count). The Hall–Kier alpha value is -1.22. The molecular formula is C9H8N2S. The quantitative estimate of drug-likeness (QED) is 0.604. The molecule has 0 saturated heterocycles. The summed E-state index contributed by atoms with van der Waals surface area (Å²) in [7, 11) is 0. The van der Waals surface area contributed by atoms with Crippen LogP contribution < -0.4 is 0 Å². The minimum atomic E-state index is 0.764. The summed E-state index contributed by atoms with van der Waals surface area (Å²) in [5, 5.41) is 0. The first kappa shape index (κ1) is 7.43. The van der Waals surface area contributed by atoms with Gasteiger partial charge in [0.25, 0.3) is 0 Å². The minimum Gasteiger partial charge on any atom is -0.353 e. The van der Waals surface area contributed by atoms with Gasteiger partial charge in [0, 0.05) is 25.0 Å². The smallest absolute Gasteiger partial charge is 0.103 e. The number of aromatic amines is 1. The average Bonchev–Trinajstić information content (AvgIpc) is 2.28. The van der Waals surface area contributed by atoms with Crippen molar-refractivity contribution in [3.63, 3.8) is 0 Å². The molecule has 12 heavy (non-hydrogen) atoms. The van der Waals surface area contributed by atoms with Gasteiger partial charge in [-0.2, -0.15) is 0 Å². The van der Waals surface area contributed by atoms with Gasteiger partial charge in [-0.3, -0.25) is 4.99 Å². The van der Waals surface area contributed by atoms with Gasteiger partial charge in [-0.15, -0.1) is 0 Å². The maximum atomic E-state index is 5.01. The zero-order valence-corrected chi connectivity index (χ0v) is 7.27. The van der Waals surface area contributed by atoms with Crippen LogP contribution in [0.4, 0.5) is 0 Å². The Kier molecular flexibility index (Phi) is 1.87. The van der Waals surface area contributed by atoms with Crippen molar-refractivity contribution in [3.8, 4) is 0 Å². The molecule has 0 radical (unpaired) electrons. The Morgan fingerprint density at radius 2 is 2.42 bits per heavy atom. The number of fused-ring (bicyclic) bond motifs is 1. The first-order chi connectivity index (χ1) is 5.86. The van der Waals surface area contributed by atoms with Crippen molar-refractivity contribution in [1.82, 2.24) is 4.98 Å². The molecule has 0 saturated carbocycles. The van der Waals surface area contributed by atoms with Crippen molar-refractivity contribution in [3.05, 3.63) is 34.2 Å². The molecule has 1 aliphatic rings. The fourth-order valence-electron chi connectivity index (χ4n) is 1.18. The third-order valence-electron chi connectivity index (χ3n) is 1.80. The Bertz CT molecular complexity index is 401. The van der Waals surface area contributed by atoms with E-state index >= 15 is 0 Å². The molecule has 60 valence electrons. The van der Waals surface area contributed by atoms with Gasteiger partial charge >= 0.3 is 0 Å². The Morgan fingerprint density at radius 3 is 3.33 bits per heavy atom. The highest BCUT2D eigenvalue weighted by molar-refractivity contribution is 7.71. The van der Waals surface area contributed by atoms with Crippen molar-refractivity contribution in [1.29, 1.82) is 0 Å². The maximum absolute atomic E-state index is 5.01. The van der Waals surface area contributed by atoms with Crippen LogP contribution in [0.3, 0.4) is 0 Å². The SMILES string of the molecule is S=c1cc2c(c[nH]1)CC=NC=C2. The van der Waals surface area contributed by atoms with Crippen molar-refractivity contribution in [2.75, 3.05) is 0 Å². The molecular weight excluding hydrogens is 168 g/mol. The predicted octanol–water partition coefficient (Wildman–Crippen LogP) is 2.34. The minimum absolute atomic E-state index is 0.764. The molecule has 0 unspecified atom stereocenters. The summed E-state index contributed by atoms with van der Waals surface area (Å²) in [4.78, 5) is 7.07. The summed E-state index contributed by atoms with van der Waals surface area (Å²) in [5.74, 6) is 0. The van der Waals surface area contributed by atoms with E-state index < -0.39 is 0 Å². The number of H-pyrrole nitrogens is 1. The lowest BCUT2D eigenvalue weighted by Crippen LogP contribution is -1.90. The fraction of sp³-hybridized carbons (Fsp3) is 0.111. The van der Waals surface area contributed by atoms with Gasteiger partial charge in [0.2, 0.25) is 0 Å². The van der Waals surface area contributed by atoms with Crippen molar-refractivity contribution in [2.45, 2.75) is 6.42 Å². The Labute approximate surface area is 75.7 Å². The fourth-order valence-corrected chi connectivity index (χ4v) is 1.37. The number of aliphatic imine (C=N–C) groups is 1. The second-order valence-corrected chi connectivity index (χ2v) is 3.07. The number of rotatable bonds is 0. The van der Waals surface area contributed by atoms with Crippen LogP contribution in [0.15, 0.2) is 23.5 Å². The molecule has 1 N–H and O–H groups in total. The summed E-state index contributed by atoms with van der Waals surface area (Å²) >= 11 is 5.01. The zero-order chi connectivity index (χ0) is 8.39. The molecule has 0 amide bonds. The van der Waals surface area contributed by atoms with Crippen molar-refractivity contribution < 1.29 is 0 Å². The number of nitrogens with zero attached hydrogens (tertiary/aromatic N) is 1. The summed E-state index contributed by atoms with van der Waals surface area (Å²) in [6.45, 7) is 0. The third kappa shape index (κ3) is 1.36. The lowest BCUT2D eigenvalue weighted by atomic mass is 10.1. The highest BCUT2D eigenvalue weighted by Gasteiger charge is 1.99. The zero-order valence-electron chi connectivity index (χ0n) is 6.45. The molecule has 1 aliphatic heterocycles. The van der Waals surface area contributed by atoms with Crippen LogP contribution in [0.5, 0.6) is 0 Å². The number of hydrogen-bond acceptors (Lipinski definition) is 2. The second-order valence-electron chi connectivity index (χ2n) is 2.63. The largest absolute Gasteiger partial charge is 0.353 e. The van der Waals surface area contributed by atoms with Crippen LogP contribution in [0.25, 0.3) is 6.08 Å². The van der Waals surface area contributed by atoms with Crippen molar-refractivity contribution >= 4 is 24.5 Å². The van der Waals surface area contributed by atoms with Crippen molar-refractivity contribution in [2.24, 2.45) is 4.99 Å². The summed E-state index contributed by atoms with van der Waals surface area (Å²) < 4.78 is 0.764. The normalized spacial score (nSPS) is 14.0. The average molecular weight is 176 g/mol. The van der Waals surface area contributed by atoms with E-state index in [4.69, 9.17) is 12.2 Å². The van der Waals surface area contributed by atoms with Gasteiger partial charge in [-0.1, -0.05) is 12.2 Å². The maximum Gasteiger partial charge on any atom is 0.103 e. The lowest BCUT2D eigenvalue weighted by Gasteiger charge is -1.99. The standard InChI is InChI=1S/C9H8N2S/c12-9-5-7-1-3-10-4-2-8(7)6-11-9/h1,3-6H,2H2,(H,11,12). The van der Waals surface area contributed by atoms with E-state index in [9.17, 15) is 0 Å². The summed E-state index contributed by atoms with van der Waals surface area (Å²) in [6.07, 6.45) is 8.47. The van der Waals surface area contributed by atoms with E-state index in [0.717, 1.165) is 16.6 Å². The van der Waals surface area contributed by atoms with Crippen LogP contribution >= 0.6 is 12.2 Å². The van der Waals surface area contributed by atoms with E-state index in [2.05, 4.69) is 9.98 Å². The van der Waals surface area contributed by atoms with Gasteiger partial charge in [-0.25, -0.2) is 0 Å². The van der Waals surface area contributed by atoms with E-state index in [1.165, 1.54) is 5.56 Å². The number of aromatic nitrogens is 1. The third-order valence-corrected chi connectivity index (χ3v) is 2.04. The van der Waals surface area contributed by atoms with E-state index in [1.54, 1.807) is 6.20 Å². The Balaban J connectivity index is 2.60. The second kappa shape index (κ2) is 3.03. The van der Waals surface area contributed by atoms with Gasteiger partial charge in [0.15, 0.2) is 0 Å². The van der Waals surface area contributed by atoms with Crippen LogP contribution in [0.1, 0.15) is 11.1 Å². The highest BCUT2D eigenvalue weighted by atomic mass is 32.1.